The topological polar surface area (TPSA) is 55.5 Å². The van der Waals surface area contributed by atoms with Crippen molar-refractivity contribution in [3.63, 3.8) is 0 Å². The minimum Gasteiger partial charge on any atom is -0.481 e. The van der Waals surface area contributed by atoms with Crippen molar-refractivity contribution >= 4 is 0 Å². The molecule has 3 nitrogen and oxygen atoms in total. The number of aliphatic hydroxyl groups excluding tert-OH is 1. The van der Waals surface area contributed by atoms with Gasteiger partial charge < -0.3 is 15.6 Å². The van der Waals surface area contributed by atoms with Gasteiger partial charge in [-0.05, 0) is 12.6 Å². The Morgan fingerprint density at radius 2 is 1.94 bits per heavy atom. The molecule has 3 N–H and O–H groups in total. The van der Waals surface area contributed by atoms with Crippen LogP contribution in [-0.4, -0.2) is 23.9 Å². The Morgan fingerprint density at radius 3 is 2.47 bits per heavy atom. The standard InChI is InChI=1S/C11H14F3NO2/c12-11(13,14)10(5-6-15)17-9-4-2-1-3-8(9)7-16/h1-4,10,16H,5-7,15H2. The number of halogens is 3. The number of hydrogen-bond acceptors (Lipinski definition) is 3. The Labute approximate surface area is 97.0 Å². The Kier molecular flexibility index (Phi) is 4.77. The molecule has 96 valence electrons. The average Bonchev–Trinajstić information content (AvgIpc) is 2.28. The van der Waals surface area contributed by atoms with Crippen molar-refractivity contribution in [3.8, 4) is 5.75 Å². The Bertz CT molecular complexity index is 355. The smallest absolute Gasteiger partial charge is 0.425 e. The van der Waals surface area contributed by atoms with Gasteiger partial charge in [0.15, 0.2) is 6.10 Å². The number of rotatable bonds is 5. The van der Waals surface area contributed by atoms with Crippen molar-refractivity contribution in [1.29, 1.82) is 0 Å². The molecule has 0 radical (unpaired) electrons. The predicted molar refractivity (Wildman–Crippen MR) is 56.5 cm³/mol. The molecule has 0 amide bonds. The zero-order valence-corrected chi connectivity index (χ0v) is 9.07. The third kappa shape index (κ3) is 3.90. The van der Waals surface area contributed by atoms with E-state index in [-0.39, 0.29) is 25.3 Å². The van der Waals surface area contributed by atoms with Crippen molar-refractivity contribution in [2.24, 2.45) is 5.73 Å². The van der Waals surface area contributed by atoms with E-state index in [2.05, 4.69) is 0 Å². The first kappa shape index (κ1) is 13.8. The van der Waals surface area contributed by atoms with Crippen LogP contribution in [0.1, 0.15) is 12.0 Å². The Morgan fingerprint density at radius 1 is 1.29 bits per heavy atom. The third-order valence-electron chi connectivity index (χ3n) is 2.21. The van der Waals surface area contributed by atoms with E-state index >= 15 is 0 Å². The number of ether oxygens (including phenoxy) is 1. The van der Waals surface area contributed by atoms with Gasteiger partial charge in [-0.15, -0.1) is 0 Å². The van der Waals surface area contributed by atoms with Gasteiger partial charge in [-0.2, -0.15) is 13.2 Å². The van der Waals surface area contributed by atoms with Crippen molar-refractivity contribution in [2.45, 2.75) is 25.3 Å². The van der Waals surface area contributed by atoms with E-state index in [4.69, 9.17) is 15.6 Å². The van der Waals surface area contributed by atoms with Crippen molar-refractivity contribution < 1.29 is 23.0 Å². The minimum atomic E-state index is -4.47. The molecule has 0 saturated carbocycles. The quantitative estimate of drug-likeness (QED) is 0.837. The van der Waals surface area contributed by atoms with Crippen LogP contribution in [0.4, 0.5) is 13.2 Å². The second-order valence-electron chi connectivity index (χ2n) is 3.49. The van der Waals surface area contributed by atoms with Crippen molar-refractivity contribution in [3.05, 3.63) is 29.8 Å². The number of para-hydroxylation sites is 1. The van der Waals surface area contributed by atoms with Crippen molar-refractivity contribution in [1.82, 2.24) is 0 Å². The van der Waals surface area contributed by atoms with E-state index in [0.717, 1.165) is 0 Å². The van der Waals surface area contributed by atoms with Crippen LogP contribution >= 0.6 is 0 Å². The van der Waals surface area contributed by atoms with E-state index in [9.17, 15) is 13.2 Å². The van der Waals surface area contributed by atoms with E-state index in [1.165, 1.54) is 12.1 Å². The van der Waals surface area contributed by atoms with Crippen LogP contribution in [0.2, 0.25) is 0 Å². The molecule has 1 unspecified atom stereocenters. The van der Waals surface area contributed by atoms with E-state index in [0.29, 0.717) is 5.56 Å². The van der Waals surface area contributed by atoms with Gasteiger partial charge in [-0.1, -0.05) is 18.2 Å². The molecule has 0 aliphatic carbocycles. The number of hydrogen-bond donors (Lipinski definition) is 2. The first-order valence-electron chi connectivity index (χ1n) is 5.11. The highest BCUT2D eigenvalue weighted by Gasteiger charge is 2.41. The molecule has 6 heteroatoms. The lowest BCUT2D eigenvalue weighted by Crippen LogP contribution is -2.36. The largest absolute Gasteiger partial charge is 0.481 e. The summed E-state index contributed by atoms with van der Waals surface area (Å²) in [6.07, 6.45) is -6.73. The van der Waals surface area contributed by atoms with Gasteiger partial charge in [0.25, 0.3) is 0 Å². The second-order valence-corrected chi connectivity index (χ2v) is 3.49. The summed E-state index contributed by atoms with van der Waals surface area (Å²) in [4.78, 5) is 0. The maximum absolute atomic E-state index is 12.6. The van der Waals surface area contributed by atoms with Crippen LogP contribution in [0.3, 0.4) is 0 Å². The normalized spacial score (nSPS) is 13.5. The van der Waals surface area contributed by atoms with E-state index in [1.807, 2.05) is 0 Å². The highest BCUT2D eigenvalue weighted by Crippen LogP contribution is 2.28. The van der Waals surface area contributed by atoms with E-state index < -0.39 is 12.3 Å². The lowest BCUT2D eigenvalue weighted by molar-refractivity contribution is -0.196. The number of benzene rings is 1. The highest BCUT2D eigenvalue weighted by atomic mass is 19.4. The highest BCUT2D eigenvalue weighted by molar-refractivity contribution is 5.32. The SMILES string of the molecule is NCCC(Oc1ccccc1CO)C(F)(F)F. The summed E-state index contributed by atoms with van der Waals surface area (Å²) in [6, 6.07) is 6.06. The lowest BCUT2D eigenvalue weighted by Gasteiger charge is -2.22. The Hall–Kier alpha value is -1.27. The molecule has 0 heterocycles. The fourth-order valence-electron chi connectivity index (χ4n) is 1.34. The maximum Gasteiger partial charge on any atom is 0.425 e. The lowest BCUT2D eigenvalue weighted by atomic mass is 10.2. The fourth-order valence-corrected chi connectivity index (χ4v) is 1.34. The zero-order valence-electron chi connectivity index (χ0n) is 9.07. The summed E-state index contributed by atoms with van der Waals surface area (Å²) >= 11 is 0. The van der Waals surface area contributed by atoms with Gasteiger partial charge in [0.2, 0.25) is 0 Å². The predicted octanol–water partition coefficient (Wildman–Crippen LogP) is 1.84. The summed E-state index contributed by atoms with van der Waals surface area (Å²) in [5.41, 5.74) is 5.44. The van der Waals surface area contributed by atoms with Crippen LogP contribution in [0.5, 0.6) is 5.75 Å². The first-order chi connectivity index (χ1) is 7.99. The molecule has 0 aromatic heterocycles. The molecule has 0 fully saturated rings. The number of nitrogens with two attached hydrogens (primary N) is 1. The first-order valence-corrected chi connectivity index (χ1v) is 5.11. The molecular weight excluding hydrogens is 235 g/mol. The van der Waals surface area contributed by atoms with Gasteiger partial charge in [0.05, 0.1) is 6.61 Å². The summed E-state index contributed by atoms with van der Waals surface area (Å²) in [7, 11) is 0. The van der Waals surface area contributed by atoms with Crippen LogP contribution in [0, 0.1) is 0 Å². The zero-order chi connectivity index (χ0) is 12.9. The van der Waals surface area contributed by atoms with Crippen LogP contribution in [-0.2, 0) is 6.61 Å². The second kappa shape index (κ2) is 5.88. The van der Waals surface area contributed by atoms with Crippen LogP contribution in [0.25, 0.3) is 0 Å². The van der Waals surface area contributed by atoms with Crippen LogP contribution in [0.15, 0.2) is 24.3 Å². The molecular formula is C11H14F3NO2. The molecule has 0 spiro atoms. The molecule has 1 rings (SSSR count). The van der Waals surface area contributed by atoms with Crippen molar-refractivity contribution in [2.75, 3.05) is 6.54 Å². The average molecular weight is 249 g/mol. The fraction of sp³-hybridized carbons (Fsp3) is 0.455. The molecule has 1 atom stereocenters. The summed E-state index contributed by atoms with van der Waals surface area (Å²) in [5, 5.41) is 8.98. The monoisotopic (exact) mass is 249 g/mol. The molecule has 0 bridgehead atoms. The number of aliphatic hydroxyl groups is 1. The summed E-state index contributed by atoms with van der Waals surface area (Å²) in [6.45, 7) is -0.491. The van der Waals surface area contributed by atoms with Gasteiger partial charge >= 0.3 is 6.18 Å². The van der Waals surface area contributed by atoms with Gasteiger partial charge in [0, 0.05) is 12.0 Å². The molecule has 0 aliphatic heterocycles. The van der Waals surface area contributed by atoms with Crippen LogP contribution < -0.4 is 10.5 Å². The number of alkyl halides is 3. The molecule has 1 aromatic rings. The molecule has 0 saturated heterocycles. The molecule has 0 aliphatic rings. The maximum atomic E-state index is 12.6. The molecule has 17 heavy (non-hydrogen) atoms. The summed E-state index contributed by atoms with van der Waals surface area (Å²) < 4.78 is 42.6. The Balaban J connectivity index is 2.86. The summed E-state index contributed by atoms with van der Waals surface area (Å²) in [5.74, 6) is 0.0331. The van der Waals surface area contributed by atoms with Gasteiger partial charge in [-0.3, -0.25) is 0 Å². The van der Waals surface area contributed by atoms with Gasteiger partial charge in [0.1, 0.15) is 5.75 Å². The third-order valence-corrected chi connectivity index (χ3v) is 2.21. The van der Waals surface area contributed by atoms with E-state index in [1.54, 1.807) is 12.1 Å². The molecule has 1 aromatic carbocycles. The minimum absolute atomic E-state index is 0.0331. The van der Waals surface area contributed by atoms with Gasteiger partial charge in [-0.25, -0.2) is 0 Å².